The van der Waals surface area contributed by atoms with Crippen molar-refractivity contribution in [3.8, 4) is 5.69 Å². The molecule has 0 fully saturated rings. The Morgan fingerprint density at radius 1 is 1.20 bits per heavy atom. The second kappa shape index (κ2) is 5.94. The van der Waals surface area contributed by atoms with Crippen LogP contribution in [0.15, 0.2) is 23.0 Å². The summed E-state index contributed by atoms with van der Waals surface area (Å²) in [6.45, 7) is 4.69. The van der Waals surface area contributed by atoms with Crippen LogP contribution in [0.1, 0.15) is 26.0 Å². The van der Waals surface area contributed by atoms with Crippen molar-refractivity contribution in [1.29, 1.82) is 0 Å². The van der Waals surface area contributed by atoms with Crippen molar-refractivity contribution in [2.45, 2.75) is 33.2 Å². The van der Waals surface area contributed by atoms with Gasteiger partial charge in [0.15, 0.2) is 0 Å². The van der Waals surface area contributed by atoms with Gasteiger partial charge in [-0.3, -0.25) is 9.48 Å². The Bertz CT molecular complexity index is 688. The number of hydrogen-bond donors (Lipinski definition) is 1. The van der Waals surface area contributed by atoms with Gasteiger partial charge < -0.3 is 5.73 Å². The van der Waals surface area contributed by atoms with Crippen molar-refractivity contribution in [3.05, 3.63) is 44.3 Å². The van der Waals surface area contributed by atoms with Gasteiger partial charge in [-0.15, -0.1) is 0 Å². The molecule has 0 saturated heterocycles. The van der Waals surface area contributed by atoms with Crippen molar-refractivity contribution in [1.82, 2.24) is 9.36 Å². The summed E-state index contributed by atoms with van der Waals surface area (Å²) in [5.74, 6) is 0. The summed E-state index contributed by atoms with van der Waals surface area (Å²) in [5.41, 5.74) is 7.58. The molecule has 20 heavy (non-hydrogen) atoms. The van der Waals surface area contributed by atoms with Crippen molar-refractivity contribution < 1.29 is 0 Å². The molecule has 1 aromatic carbocycles. The van der Waals surface area contributed by atoms with Gasteiger partial charge in [0.25, 0.3) is 5.56 Å². The smallest absolute Gasteiger partial charge is 0.294 e. The first-order valence-electron chi connectivity index (χ1n) is 6.56. The Morgan fingerprint density at radius 2 is 1.90 bits per heavy atom. The lowest BCUT2D eigenvalue weighted by atomic mass is 10.2. The van der Waals surface area contributed by atoms with E-state index in [0.717, 1.165) is 18.5 Å². The molecular weight excluding hydrogens is 297 g/mol. The molecule has 0 aliphatic rings. The zero-order valence-corrected chi connectivity index (χ0v) is 13.0. The maximum Gasteiger partial charge on any atom is 0.294 e. The molecule has 6 heteroatoms. The Balaban J connectivity index is 2.70. The minimum atomic E-state index is -0.214. The highest BCUT2D eigenvalue weighted by Crippen LogP contribution is 2.25. The van der Waals surface area contributed by atoms with E-state index in [2.05, 4.69) is 6.92 Å². The molecule has 0 spiro atoms. The third kappa shape index (κ3) is 2.45. The molecule has 108 valence electrons. The van der Waals surface area contributed by atoms with Crippen molar-refractivity contribution >= 4 is 28.9 Å². The quantitative estimate of drug-likeness (QED) is 0.939. The zero-order valence-electron chi connectivity index (χ0n) is 11.5. The average Bonchev–Trinajstić information content (AvgIpc) is 2.67. The van der Waals surface area contributed by atoms with E-state index in [4.69, 9.17) is 28.9 Å². The van der Waals surface area contributed by atoms with E-state index in [0.29, 0.717) is 28.0 Å². The van der Waals surface area contributed by atoms with Gasteiger partial charge in [-0.05, 0) is 31.5 Å². The molecule has 2 aromatic rings. The molecular formula is C14H17Cl2N3O. The third-order valence-corrected chi connectivity index (χ3v) is 3.96. The van der Waals surface area contributed by atoms with Crippen LogP contribution in [0.3, 0.4) is 0 Å². The van der Waals surface area contributed by atoms with E-state index in [1.807, 2.05) is 11.6 Å². The predicted octanol–water partition coefficient (Wildman–Crippen LogP) is 3.50. The molecule has 0 radical (unpaired) electrons. The predicted molar refractivity (Wildman–Crippen MR) is 84.1 cm³/mol. The Labute approximate surface area is 127 Å². The SMILES string of the molecule is CCCc1c(N)c(=O)n(-c2ccc(Cl)c(Cl)c2)n1CC. The van der Waals surface area contributed by atoms with Gasteiger partial charge in [0.1, 0.15) is 5.69 Å². The summed E-state index contributed by atoms with van der Waals surface area (Å²) in [4.78, 5) is 12.4. The molecule has 0 aliphatic carbocycles. The lowest BCUT2D eigenvalue weighted by Gasteiger charge is -2.13. The molecule has 0 atom stereocenters. The fraction of sp³-hybridized carbons (Fsp3) is 0.357. The first-order valence-corrected chi connectivity index (χ1v) is 7.32. The minimum Gasteiger partial charge on any atom is -0.393 e. The van der Waals surface area contributed by atoms with E-state index >= 15 is 0 Å². The highest BCUT2D eigenvalue weighted by Gasteiger charge is 2.17. The molecule has 0 bridgehead atoms. The topological polar surface area (TPSA) is 53.0 Å². The number of nitrogens with two attached hydrogens (primary N) is 1. The molecule has 2 N–H and O–H groups in total. The summed E-state index contributed by atoms with van der Waals surface area (Å²) >= 11 is 11.9. The zero-order chi connectivity index (χ0) is 14.9. The molecule has 0 unspecified atom stereocenters. The monoisotopic (exact) mass is 313 g/mol. The van der Waals surface area contributed by atoms with E-state index in [9.17, 15) is 4.79 Å². The maximum atomic E-state index is 12.4. The largest absolute Gasteiger partial charge is 0.393 e. The van der Waals surface area contributed by atoms with Crippen LogP contribution in [0.5, 0.6) is 0 Å². The first-order chi connectivity index (χ1) is 9.51. The molecule has 1 aromatic heterocycles. The van der Waals surface area contributed by atoms with E-state index < -0.39 is 0 Å². The van der Waals surface area contributed by atoms with Crippen LogP contribution in [-0.4, -0.2) is 9.36 Å². The molecule has 0 aliphatic heterocycles. The van der Waals surface area contributed by atoms with E-state index in [1.54, 1.807) is 22.9 Å². The first kappa shape index (κ1) is 15.0. The van der Waals surface area contributed by atoms with E-state index in [-0.39, 0.29) is 5.56 Å². The number of aromatic nitrogens is 2. The number of anilines is 1. The van der Waals surface area contributed by atoms with Crippen LogP contribution in [0.2, 0.25) is 10.0 Å². The Kier molecular flexibility index (Phi) is 4.45. The van der Waals surface area contributed by atoms with Crippen LogP contribution >= 0.6 is 23.2 Å². The van der Waals surface area contributed by atoms with Gasteiger partial charge in [-0.2, -0.15) is 0 Å². The summed E-state index contributed by atoms with van der Waals surface area (Å²) < 4.78 is 3.45. The number of nitrogens with zero attached hydrogens (tertiary/aromatic N) is 2. The number of benzene rings is 1. The molecule has 0 saturated carbocycles. The summed E-state index contributed by atoms with van der Waals surface area (Å²) in [6, 6.07) is 5.11. The van der Waals surface area contributed by atoms with Crippen LogP contribution in [0.4, 0.5) is 5.69 Å². The van der Waals surface area contributed by atoms with E-state index in [1.165, 1.54) is 0 Å². The fourth-order valence-corrected chi connectivity index (χ4v) is 2.61. The normalized spacial score (nSPS) is 11.0. The number of rotatable bonds is 4. The van der Waals surface area contributed by atoms with Gasteiger partial charge in [0.2, 0.25) is 0 Å². The van der Waals surface area contributed by atoms with Crippen LogP contribution in [0.25, 0.3) is 5.69 Å². The minimum absolute atomic E-state index is 0.214. The van der Waals surface area contributed by atoms with Gasteiger partial charge in [-0.25, -0.2) is 4.68 Å². The van der Waals surface area contributed by atoms with Crippen molar-refractivity contribution in [3.63, 3.8) is 0 Å². The number of hydrogen-bond acceptors (Lipinski definition) is 2. The molecule has 0 amide bonds. The van der Waals surface area contributed by atoms with Gasteiger partial charge in [0, 0.05) is 6.54 Å². The summed E-state index contributed by atoms with van der Waals surface area (Å²) in [5, 5.41) is 0.871. The van der Waals surface area contributed by atoms with Crippen LogP contribution < -0.4 is 11.3 Å². The van der Waals surface area contributed by atoms with Crippen molar-refractivity contribution in [2.24, 2.45) is 0 Å². The Hall–Kier alpha value is -1.39. The second-order valence-corrected chi connectivity index (χ2v) is 5.36. The highest BCUT2D eigenvalue weighted by atomic mass is 35.5. The summed E-state index contributed by atoms with van der Waals surface area (Å²) in [7, 11) is 0. The third-order valence-electron chi connectivity index (χ3n) is 3.22. The average molecular weight is 314 g/mol. The molecule has 4 nitrogen and oxygen atoms in total. The fourth-order valence-electron chi connectivity index (χ4n) is 2.31. The van der Waals surface area contributed by atoms with Gasteiger partial charge in [-0.1, -0.05) is 36.5 Å². The van der Waals surface area contributed by atoms with Crippen LogP contribution in [-0.2, 0) is 13.0 Å². The number of nitrogen functional groups attached to an aromatic ring is 1. The molecule has 1 heterocycles. The molecule has 2 rings (SSSR count). The highest BCUT2D eigenvalue weighted by molar-refractivity contribution is 6.42. The number of halogens is 2. The summed E-state index contributed by atoms with van der Waals surface area (Å²) in [6.07, 6.45) is 1.69. The maximum absolute atomic E-state index is 12.4. The van der Waals surface area contributed by atoms with Crippen LogP contribution in [0, 0.1) is 0 Å². The standard InChI is InChI=1S/C14H17Cl2N3O/c1-3-5-12-13(17)14(20)19(18(12)4-2)9-6-7-10(15)11(16)8-9/h6-8H,3-5,17H2,1-2H3. The van der Waals surface area contributed by atoms with Crippen molar-refractivity contribution in [2.75, 3.05) is 5.73 Å². The lowest BCUT2D eigenvalue weighted by molar-refractivity contribution is 0.545. The lowest BCUT2D eigenvalue weighted by Crippen LogP contribution is -2.22. The Morgan fingerprint density at radius 3 is 2.45 bits per heavy atom. The van der Waals surface area contributed by atoms with Gasteiger partial charge >= 0.3 is 0 Å². The second-order valence-electron chi connectivity index (χ2n) is 4.54. The van der Waals surface area contributed by atoms with Gasteiger partial charge in [0.05, 0.1) is 21.4 Å².